The van der Waals surface area contributed by atoms with Gasteiger partial charge in [-0.2, -0.15) is 0 Å². The van der Waals surface area contributed by atoms with Crippen LogP contribution in [0.2, 0.25) is 0 Å². The van der Waals surface area contributed by atoms with Gasteiger partial charge >= 0.3 is 5.97 Å². The molecule has 6 heteroatoms. The van der Waals surface area contributed by atoms with Crippen LogP contribution in [-0.4, -0.2) is 21.2 Å². The molecule has 0 bridgehead atoms. The van der Waals surface area contributed by atoms with E-state index in [0.717, 1.165) is 12.8 Å². The molecule has 2 nitrogen and oxygen atoms in total. The van der Waals surface area contributed by atoms with Gasteiger partial charge in [0.25, 0.3) is 0 Å². The van der Waals surface area contributed by atoms with Crippen LogP contribution in [0.15, 0.2) is 30.3 Å². The number of carbonyl (C=O) groups is 1. The second-order valence-electron chi connectivity index (χ2n) is 5.91. The maximum absolute atomic E-state index is 12.0. The molecule has 0 radical (unpaired) electrons. The van der Waals surface area contributed by atoms with Gasteiger partial charge in [0.05, 0.1) is 13.0 Å². The number of benzene rings is 1. The Bertz CT molecular complexity index is 490. The van der Waals surface area contributed by atoms with E-state index in [1.54, 1.807) is 6.92 Å². The van der Waals surface area contributed by atoms with Crippen molar-refractivity contribution < 1.29 is 9.53 Å². The molecule has 0 heterocycles. The van der Waals surface area contributed by atoms with Gasteiger partial charge in [-0.15, -0.1) is 0 Å². The van der Waals surface area contributed by atoms with Crippen molar-refractivity contribution in [3.63, 3.8) is 0 Å². The zero-order chi connectivity index (χ0) is 17.5. The Morgan fingerprint density at radius 2 is 1.87 bits per heavy atom. The molecule has 0 aromatic heterocycles. The van der Waals surface area contributed by atoms with Gasteiger partial charge in [0.15, 0.2) is 3.79 Å². The normalized spacial score (nSPS) is 15.7. The first-order valence-electron chi connectivity index (χ1n) is 7.56. The van der Waals surface area contributed by atoms with E-state index in [9.17, 15) is 4.79 Å². The molecule has 0 fully saturated rings. The average Bonchev–Trinajstić information content (AvgIpc) is 2.44. The molecule has 1 rings (SSSR count). The van der Waals surface area contributed by atoms with Crippen molar-refractivity contribution in [1.29, 1.82) is 0 Å². The lowest BCUT2D eigenvalue weighted by atomic mass is 9.77. The highest BCUT2D eigenvalue weighted by Crippen LogP contribution is 2.44. The van der Waals surface area contributed by atoms with Crippen molar-refractivity contribution in [3.05, 3.63) is 35.9 Å². The predicted octanol–water partition coefficient (Wildman–Crippen LogP) is 6.10. The lowest BCUT2D eigenvalue weighted by Gasteiger charge is -2.35. The Balaban J connectivity index is 2.83. The summed E-state index contributed by atoms with van der Waals surface area (Å²) < 4.78 is 3.75. The van der Waals surface area contributed by atoms with Gasteiger partial charge in [0.2, 0.25) is 0 Å². The van der Waals surface area contributed by atoms with E-state index in [2.05, 4.69) is 28.1 Å². The molecule has 0 saturated heterocycles. The standard InChI is InChI=1S/C17H22BrCl3O2/c1-3-23-15(22)12-16(2,14(18)11-17(19,20)21)10-9-13-7-5-4-6-8-13/h4-8,14H,3,9-12H2,1-2H3. The molecule has 130 valence electrons. The highest BCUT2D eigenvalue weighted by Gasteiger charge is 2.39. The molecular formula is C17H22BrCl3O2. The number of aryl methyl sites for hydroxylation is 1. The van der Waals surface area contributed by atoms with Crippen molar-refractivity contribution in [2.45, 2.75) is 48.2 Å². The largest absolute Gasteiger partial charge is 0.466 e. The van der Waals surface area contributed by atoms with E-state index in [0.29, 0.717) is 13.0 Å². The lowest BCUT2D eigenvalue weighted by molar-refractivity contribution is -0.145. The SMILES string of the molecule is CCOC(=O)CC(C)(CCc1ccccc1)C(Br)CC(Cl)(Cl)Cl. The second kappa shape index (κ2) is 9.50. The summed E-state index contributed by atoms with van der Waals surface area (Å²) in [6.07, 6.45) is 2.23. The maximum atomic E-state index is 12.0. The molecule has 23 heavy (non-hydrogen) atoms. The maximum Gasteiger partial charge on any atom is 0.306 e. The molecule has 2 unspecified atom stereocenters. The average molecular weight is 445 g/mol. The Hall–Kier alpha value is 0.0400. The third-order valence-electron chi connectivity index (χ3n) is 3.85. The minimum absolute atomic E-state index is 0.115. The fraction of sp³-hybridized carbons (Fsp3) is 0.588. The topological polar surface area (TPSA) is 26.3 Å². The Morgan fingerprint density at radius 3 is 2.39 bits per heavy atom. The van der Waals surface area contributed by atoms with E-state index in [1.165, 1.54) is 5.56 Å². The van der Waals surface area contributed by atoms with E-state index in [1.807, 2.05) is 25.1 Å². The molecule has 1 aromatic carbocycles. The van der Waals surface area contributed by atoms with Gasteiger partial charge in [0, 0.05) is 11.2 Å². The summed E-state index contributed by atoms with van der Waals surface area (Å²) in [4.78, 5) is 11.9. The van der Waals surface area contributed by atoms with Crippen LogP contribution in [0, 0.1) is 5.41 Å². The van der Waals surface area contributed by atoms with Gasteiger partial charge in [0.1, 0.15) is 0 Å². The Labute approximate surface area is 161 Å². The molecule has 2 atom stereocenters. The smallest absolute Gasteiger partial charge is 0.306 e. The number of carbonyl (C=O) groups excluding carboxylic acids is 1. The number of ether oxygens (including phenoxy) is 1. The molecule has 0 aliphatic rings. The third kappa shape index (κ3) is 8.11. The van der Waals surface area contributed by atoms with Gasteiger partial charge in [-0.05, 0) is 30.7 Å². The van der Waals surface area contributed by atoms with Crippen molar-refractivity contribution >= 4 is 56.7 Å². The summed E-state index contributed by atoms with van der Waals surface area (Å²) in [5.74, 6) is -0.225. The Morgan fingerprint density at radius 1 is 1.26 bits per heavy atom. The zero-order valence-corrected chi connectivity index (χ0v) is 17.2. The van der Waals surface area contributed by atoms with Crippen molar-refractivity contribution in [3.8, 4) is 0 Å². The fourth-order valence-corrected chi connectivity index (χ4v) is 4.32. The summed E-state index contributed by atoms with van der Waals surface area (Å²) in [5, 5.41) is 0. The number of alkyl halides is 4. The summed E-state index contributed by atoms with van der Waals surface area (Å²) in [6, 6.07) is 10.1. The number of halogens is 4. The quantitative estimate of drug-likeness (QED) is 0.358. The van der Waals surface area contributed by atoms with Crippen LogP contribution in [0.1, 0.15) is 38.7 Å². The monoisotopic (exact) mass is 442 g/mol. The van der Waals surface area contributed by atoms with Gasteiger partial charge < -0.3 is 4.74 Å². The first kappa shape index (κ1) is 21.1. The molecule has 0 spiro atoms. The van der Waals surface area contributed by atoms with Crippen LogP contribution < -0.4 is 0 Å². The zero-order valence-electron chi connectivity index (χ0n) is 13.3. The predicted molar refractivity (Wildman–Crippen MR) is 102 cm³/mol. The van der Waals surface area contributed by atoms with Crippen LogP contribution >= 0.6 is 50.7 Å². The second-order valence-corrected chi connectivity index (χ2v) is 9.53. The summed E-state index contributed by atoms with van der Waals surface area (Å²) >= 11 is 21.4. The number of hydrogen-bond acceptors (Lipinski definition) is 2. The summed E-state index contributed by atoms with van der Waals surface area (Å²) in [6.45, 7) is 4.19. The fourth-order valence-electron chi connectivity index (χ4n) is 2.42. The highest BCUT2D eigenvalue weighted by molar-refractivity contribution is 9.09. The van der Waals surface area contributed by atoms with Crippen LogP contribution in [0.25, 0.3) is 0 Å². The number of rotatable bonds is 8. The van der Waals surface area contributed by atoms with E-state index in [-0.39, 0.29) is 22.6 Å². The van der Waals surface area contributed by atoms with Crippen molar-refractivity contribution in [1.82, 2.24) is 0 Å². The third-order valence-corrected chi connectivity index (χ3v) is 5.74. The van der Waals surface area contributed by atoms with E-state index in [4.69, 9.17) is 39.5 Å². The molecule has 0 saturated carbocycles. The van der Waals surface area contributed by atoms with Crippen molar-refractivity contribution in [2.24, 2.45) is 5.41 Å². The van der Waals surface area contributed by atoms with E-state index < -0.39 is 3.79 Å². The highest BCUT2D eigenvalue weighted by atomic mass is 79.9. The van der Waals surface area contributed by atoms with Gasteiger partial charge in [-0.1, -0.05) is 88.0 Å². The minimum Gasteiger partial charge on any atom is -0.466 e. The molecule has 0 amide bonds. The van der Waals surface area contributed by atoms with Gasteiger partial charge in [-0.25, -0.2) is 0 Å². The Kier molecular flexibility index (Phi) is 8.71. The molecule has 1 aromatic rings. The molecular weight excluding hydrogens is 422 g/mol. The van der Waals surface area contributed by atoms with Gasteiger partial charge in [-0.3, -0.25) is 4.79 Å². The summed E-state index contributed by atoms with van der Waals surface area (Å²) in [7, 11) is 0. The van der Waals surface area contributed by atoms with Crippen LogP contribution in [-0.2, 0) is 16.0 Å². The number of esters is 1. The summed E-state index contributed by atoms with van der Waals surface area (Å²) in [5.41, 5.74) is 0.850. The number of hydrogen-bond donors (Lipinski definition) is 0. The first-order chi connectivity index (χ1) is 10.7. The van der Waals surface area contributed by atoms with Crippen LogP contribution in [0.5, 0.6) is 0 Å². The van der Waals surface area contributed by atoms with E-state index >= 15 is 0 Å². The first-order valence-corrected chi connectivity index (χ1v) is 9.61. The minimum atomic E-state index is -1.36. The lowest BCUT2D eigenvalue weighted by Crippen LogP contribution is -2.34. The van der Waals surface area contributed by atoms with Crippen LogP contribution in [0.3, 0.4) is 0 Å². The van der Waals surface area contributed by atoms with Crippen LogP contribution in [0.4, 0.5) is 0 Å². The van der Waals surface area contributed by atoms with Crippen molar-refractivity contribution in [2.75, 3.05) is 6.61 Å². The molecule has 0 N–H and O–H groups in total. The molecule has 0 aliphatic carbocycles. The molecule has 0 aliphatic heterocycles.